The average molecular weight is 333 g/mol. The number of hydrogen-bond acceptors (Lipinski definition) is 2. The highest BCUT2D eigenvalue weighted by Crippen LogP contribution is 2.44. The van der Waals surface area contributed by atoms with Gasteiger partial charge in [0.15, 0.2) is 0 Å². The van der Waals surface area contributed by atoms with E-state index in [0.717, 1.165) is 36.2 Å². The SMILES string of the molecule is O=C1c2ccccc2C2(c3ccc(Cl)c(Cl)c3)NCCCN12. The third kappa shape index (κ3) is 1.76. The zero-order valence-electron chi connectivity index (χ0n) is 11.8. The van der Waals surface area contributed by atoms with Crippen LogP contribution in [0.1, 0.15) is 27.9 Å². The van der Waals surface area contributed by atoms with Gasteiger partial charge in [0, 0.05) is 17.7 Å². The van der Waals surface area contributed by atoms with E-state index in [1.807, 2.05) is 41.3 Å². The van der Waals surface area contributed by atoms with E-state index in [1.54, 1.807) is 6.07 Å². The van der Waals surface area contributed by atoms with Crippen LogP contribution in [0, 0.1) is 0 Å². The van der Waals surface area contributed by atoms with Crippen LogP contribution in [0.5, 0.6) is 0 Å². The number of nitrogens with one attached hydrogen (secondary N) is 1. The molecule has 1 N–H and O–H groups in total. The number of benzene rings is 2. The zero-order chi connectivity index (χ0) is 15.3. The molecule has 2 aromatic rings. The van der Waals surface area contributed by atoms with Gasteiger partial charge in [-0.15, -0.1) is 0 Å². The lowest BCUT2D eigenvalue weighted by molar-refractivity contribution is 0.0457. The van der Waals surface area contributed by atoms with Gasteiger partial charge in [0.2, 0.25) is 0 Å². The number of hydrogen-bond donors (Lipinski definition) is 1. The Morgan fingerprint density at radius 1 is 1.09 bits per heavy atom. The molecule has 2 heterocycles. The lowest BCUT2D eigenvalue weighted by Gasteiger charge is -2.44. The van der Waals surface area contributed by atoms with Crippen LogP contribution in [0.3, 0.4) is 0 Å². The largest absolute Gasteiger partial charge is 0.312 e. The number of carbonyl (C=O) groups excluding carboxylic acids is 1. The summed E-state index contributed by atoms with van der Waals surface area (Å²) >= 11 is 12.3. The maximum Gasteiger partial charge on any atom is 0.256 e. The molecule has 112 valence electrons. The van der Waals surface area contributed by atoms with Gasteiger partial charge < -0.3 is 4.90 Å². The predicted molar refractivity (Wildman–Crippen MR) is 87.3 cm³/mol. The van der Waals surface area contributed by atoms with Crippen molar-refractivity contribution < 1.29 is 4.79 Å². The predicted octanol–water partition coefficient (Wildman–Crippen LogP) is 3.64. The summed E-state index contributed by atoms with van der Waals surface area (Å²) in [6.07, 6.45) is 0.933. The van der Waals surface area contributed by atoms with Crippen molar-refractivity contribution in [3.8, 4) is 0 Å². The van der Waals surface area contributed by atoms with Gasteiger partial charge in [0.25, 0.3) is 5.91 Å². The van der Waals surface area contributed by atoms with Crippen LogP contribution in [0.15, 0.2) is 42.5 Å². The monoisotopic (exact) mass is 332 g/mol. The molecule has 3 nitrogen and oxygen atoms in total. The molecule has 0 bridgehead atoms. The van der Waals surface area contributed by atoms with Gasteiger partial charge in [-0.2, -0.15) is 0 Å². The van der Waals surface area contributed by atoms with Crippen molar-refractivity contribution >= 4 is 29.1 Å². The molecule has 1 fully saturated rings. The van der Waals surface area contributed by atoms with Crippen LogP contribution >= 0.6 is 23.2 Å². The second-order valence-electron chi connectivity index (χ2n) is 5.62. The Kier molecular flexibility index (Phi) is 3.19. The topological polar surface area (TPSA) is 32.3 Å². The van der Waals surface area contributed by atoms with E-state index < -0.39 is 5.66 Å². The minimum Gasteiger partial charge on any atom is -0.312 e. The van der Waals surface area contributed by atoms with Crippen molar-refractivity contribution in [3.63, 3.8) is 0 Å². The number of halogens is 2. The number of amides is 1. The molecular formula is C17H14Cl2N2O. The highest BCUT2D eigenvalue weighted by Gasteiger charge is 2.51. The maximum absolute atomic E-state index is 12.8. The molecule has 22 heavy (non-hydrogen) atoms. The van der Waals surface area contributed by atoms with Crippen LogP contribution in [0.25, 0.3) is 0 Å². The standard InChI is InChI=1S/C17H14Cl2N2O/c18-14-7-6-11(10-15(14)19)17-13-5-2-1-4-12(13)16(22)21(17)9-3-8-20-17/h1-2,4-7,10,20H,3,8-9H2. The highest BCUT2D eigenvalue weighted by atomic mass is 35.5. The summed E-state index contributed by atoms with van der Waals surface area (Å²) < 4.78 is 0. The zero-order valence-corrected chi connectivity index (χ0v) is 13.3. The fourth-order valence-electron chi connectivity index (χ4n) is 3.53. The molecule has 0 spiro atoms. The van der Waals surface area contributed by atoms with Gasteiger partial charge in [0.05, 0.1) is 10.0 Å². The first-order valence-electron chi connectivity index (χ1n) is 7.26. The third-order valence-corrected chi connectivity index (χ3v) is 5.21. The second kappa shape index (κ2) is 4.98. The van der Waals surface area contributed by atoms with E-state index in [1.165, 1.54) is 0 Å². The molecule has 0 aromatic heterocycles. The lowest BCUT2D eigenvalue weighted by atomic mass is 9.89. The quantitative estimate of drug-likeness (QED) is 0.864. The lowest BCUT2D eigenvalue weighted by Crippen LogP contribution is -2.59. The molecular weight excluding hydrogens is 319 g/mol. The van der Waals surface area contributed by atoms with Gasteiger partial charge >= 0.3 is 0 Å². The van der Waals surface area contributed by atoms with Crippen LogP contribution in [0.4, 0.5) is 0 Å². The number of rotatable bonds is 1. The van der Waals surface area contributed by atoms with Crippen molar-refractivity contribution in [3.05, 3.63) is 69.2 Å². The molecule has 5 heteroatoms. The van der Waals surface area contributed by atoms with Crippen LogP contribution < -0.4 is 5.32 Å². The first kappa shape index (κ1) is 14.1. The Morgan fingerprint density at radius 2 is 1.91 bits per heavy atom. The summed E-state index contributed by atoms with van der Waals surface area (Å²) in [7, 11) is 0. The molecule has 0 radical (unpaired) electrons. The van der Waals surface area contributed by atoms with Crippen LogP contribution in [-0.2, 0) is 5.66 Å². The van der Waals surface area contributed by atoms with Crippen molar-refractivity contribution in [2.45, 2.75) is 12.1 Å². The summed E-state index contributed by atoms with van der Waals surface area (Å²) in [5.74, 6) is 0.0638. The molecule has 1 amide bonds. The van der Waals surface area contributed by atoms with Crippen molar-refractivity contribution in [1.82, 2.24) is 10.2 Å². The molecule has 2 aromatic carbocycles. The van der Waals surface area contributed by atoms with E-state index in [9.17, 15) is 4.79 Å². The van der Waals surface area contributed by atoms with Crippen LogP contribution in [-0.4, -0.2) is 23.9 Å². The molecule has 2 aliphatic heterocycles. The molecule has 0 aliphatic carbocycles. The highest BCUT2D eigenvalue weighted by molar-refractivity contribution is 6.42. The Morgan fingerprint density at radius 3 is 2.73 bits per heavy atom. The smallest absolute Gasteiger partial charge is 0.256 e. The normalized spacial score (nSPS) is 23.4. The maximum atomic E-state index is 12.8. The first-order valence-corrected chi connectivity index (χ1v) is 8.02. The molecule has 1 unspecified atom stereocenters. The summed E-state index contributed by atoms with van der Waals surface area (Å²) in [6.45, 7) is 1.57. The van der Waals surface area contributed by atoms with Crippen LogP contribution in [0.2, 0.25) is 10.0 Å². The van der Waals surface area contributed by atoms with Gasteiger partial charge in [-0.1, -0.05) is 47.5 Å². The Hall–Kier alpha value is -1.55. The minimum absolute atomic E-state index is 0.0638. The van der Waals surface area contributed by atoms with Crippen molar-refractivity contribution in [2.24, 2.45) is 0 Å². The fourth-order valence-corrected chi connectivity index (χ4v) is 3.83. The van der Waals surface area contributed by atoms with E-state index >= 15 is 0 Å². The Bertz CT molecular complexity index is 777. The molecule has 1 saturated heterocycles. The number of fused-ring (bicyclic) bond motifs is 3. The second-order valence-corrected chi connectivity index (χ2v) is 6.44. The average Bonchev–Trinajstić information content (AvgIpc) is 2.81. The Balaban J connectivity index is 1.99. The van der Waals surface area contributed by atoms with Gasteiger partial charge in [-0.05, 0) is 36.7 Å². The molecule has 4 rings (SSSR count). The summed E-state index contributed by atoms with van der Waals surface area (Å²) in [4.78, 5) is 14.7. The van der Waals surface area contributed by atoms with Gasteiger partial charge in [-0.3, -0.25) is 10.1 Å². The van der Waals surface area contributed by atoms with Gasteiger partial charge in [0.1, 0.15) is 5.66 Å². The molecule has 0 saturated carbocycles. The number of nitrogens with zero attached hydrogens (tertiary/aromatic N) is 1. The number of carbonyl (C=O) groups is 1. The third-order valence-electron chi connectivity index (χ3n) is 4.47. The summed E-state index contributed by atoms with van der Waals surface area (Å²) in [6, 6.07) is 13.3. The summed E-state index contributed by atoms with van der Waals surface area (Å²) in [5.41, 5.74) is 2.04. The van der Waals surface area contributed by atoms with Gasteiger partial charge in [-0.25, -0.2) is 0 Å². The molecule has 1 atom stereocenters. The fraction of sp³-hybridized carbons (Fsp3) is 0.235. The van der Waals surface area contributed by atoms with E-state index in [4.69, 9.17) is 23.2 Å². The minimum atomic E-state index is -0.639. The van der Waals surface area contributed by atoms with E-state index in [0.29, 0.717) is 10.0 Å². The summed E-state index contributed by atoms with van der Waals surface area (Å²) in [5, 5.41) is 4.56. The first-order chi connectivity index (χ1) is 10.6. The molecule has 2 aliphatic rings. The van der Waals surface area contributed by atoms with Crippen molar-refractivity contribution in [2.75, 3.05) is 13.1 Å². The van der Waals surface area contributed by atoms with Crippen molar-refractivity contribution in [1.29, 1.82) is 0 Å². The van der Waals surface area contributed by atoms with E-state index in [-0.39, 0.29) is 5.91 Å². The Labute approximate surface area is 138 Å². The van der Waals surface area contributed by atoms with E-state index in [2.05, 4.69) is 5.32 Å².